The van der Waals surface area contributed by atoms with E-state index in [-0.39, 0.29) is 42.2 Å². The topological polar surface area (TPSA) is 197 Å². The summed E-state index contributed by atoms with van der Waals surface area (Å²) in [5.74, 6) is 1.64. The van der Waals surface area contributed by atoms with Crippen molar-refractivity contribution in [1.29, 1.82) is 0 Å². The first kappa shape index (κ1) is 37.4. The number of hydrogen-bond acceptors (Lipinski definition) is 13. The van der Waals surface area contributed by atoms with E-state index in [9.17, 15) is 35.7 Å². The molecule has 0 unspecified atom stereocenters. The second-order valence-electron chi connectivity index (χ2n) is 18.4. The van der Waals surface area contributed by atoms with Crippen LogP contribution < -0.4 is 0 Å². The van der Waals surface area contributed by atoms with Crippen LogP contribution in [0.2, 0.25) is 0 Å². The number of hydrogen-bond donors (Lipinski definition) is 7. The lowest BCUT2D eigenvalue weighted by Gasteiger charge is -2.62. The standard InChI is InChI=1S/C38H62O13/c1-18-7-12-37(48-15-18)19(2)38(45)27(51-37)14-24-22-6-5-20-13-21(8-10-35(20,3)23(22)9-11-36(24,38)4)49-34-32(44)30(42)29(41)26(50-34)17-47-33-31(43)28(40)25(39)16-46-33/h18-34,39-45H,5-17H2,1-4H3/t18-,19-,20+,21+,22-,23+,24+,25+,26-,27+,28+,29-,30+,31-,32-,33+,34-,35+,36+,37-,38-/m1/s1. The van der Waals surface area contributed by atoms with Gasteiger partial charge in [0.15, 0.2) is 18.4 Å². The number of ether oxygens (including phenoxy) is 6. The smallest absolute Gasteiger partial charge is 0.186 e. The fraction of sp³-hybridized carbons (Fsp3) is 1.00. The van der Waals surface area contributed by atoms with Crippen molar-refractivity contribution in [2.24, 2.45) is 46.3 Å². The second-order valence-corrected chi connectivity index (χ2v) is 18.4. The van der Waals surface area contributed by atoms with Gasteiger partial charge in [0.1, 0.15) is 48.3 Å². The Morgan fingerprint density at radius 1 is 0.745 bits per heavy atom. The maximum Gasteiger partial charge on any atom is 0.186 e. The highest BCUT2D eigenvalue weighted by molar-refractivity contribution is 5.23. The minimum Gasteiger partial charge on any atom is -0.388 e. The van der Waals surface area contributed by atoms with Gasteiger partial charge in [-0.15, -0.1) is 0 Å². The van der Waals surface area contributed by atoms with Crippen molar-refractivity contribution in [3.8, 4) is 0 Å². The van der Waals surface area contributed by atoms with Crippen LogP contribution in [0.3, 0.4) is 0 Å². The van der Waals surface area contributed by atoms with Crippen LogP contribution in [0.1, 0.15) is 91.9 Å². The highest BCUT2D eigenvalue weighted by Crippen LogP contribution is 2.72. The van der Waals surface area contributed by atoms with Crippen LogP contribution >= 0.6 is 0 Å². The molecule has 4 aliphatic heterocycles. The molecular weight excluding hydrogens is 664 g/mol. The zero-order chi connectivity index (χ0) is 36.2. The van der Waals surface area contributed by atoms with E-state index in [4.69, 9.17) is 28.4 Å². The van der Waals surface area contributed by atoms with Gasteiger partial charge in [0.25, 0.3) is 0 Å². The average molecular weight is 727 g/mol. The fourth-order valence-corrected chi connectivity index (χ4v) is 12.8. The van der Waals surface area contributed by atoms with Crippen molar-refractivity contribution in [3.05, 3.63) is 0 Å². The van der Waals surface area contributed by atoms with E-state index in [1.54, 1.807) is 0 Å². The summed E-state index contributed by atoms with van der Waals surface area (Å²) >= 11 is 0. The van der Waals surface area contributed by atoms with Crippen molar-refractivity contribution >= 4 is 0 Å². The normalized spacial score (nSPS) is 59.9. The molecule has 0 amide bonds. The van der Waals surface area contributed by atoms with Crippen molar-refractivity contribution in [3.63, 3.8) is 0 Å². The van der Waals surface area contributed by atoms with Crippen LogP contribution in [-0.2, 0) is 28.4 Å². The summed E-state index contributed by atoms with van der Waals surface area (Å²) in [5, 5.41) is 74.8. The summed E-state index contributed by atoms with van der Waals surface area (Å²) in [7, 11) is 0. The fourth-order valence-electron chi connectivity index (χ4n) is 12.8. The second kappa shape index (κ2) is 13.3. The lowest BCUT2D eigenvalue weighted by atomic mass is 9.44. The number of aliphatic hydroxyl groups excluding tert-OH is 6. The molecule has 4 heterocycles. The molecular formula is C38H62O13. The SMILES string of the molecule is C[C@@H]1CC[C@@]2(OC1)O[C@H]1C[C@H]3[C@@H]4CC[C@H]5C[C@@H](O[C@@H]6O[C@H](CO[C@@H]7OC[C@H](O)[C@H](O)[C@H]7O)[C@@H](O)[C@H](O)[C@H]6O)CC[C@]5(C)[C@H]4CC[C@]3(C)[C@@]1(O)[C@@H]2C. The van der Waals surface area contributed by atoms with Gasteiger partial charge >= 0.3 is 0 Å². The maximum absolute atomic E-state index is 12.7. The molecule has 21 atom stereocenters. The van der Waals surface area contributed by atoms with Gasteiger partial charge in [0.2, 0.25) is 0 Å². The van der Waals surface area contributed by atoms with E-state index >= 15 is 0 Å². The van der Waals surface area contributed by atoms with Gasteiger partial charge in [-0.3, -0.25) is 0 Å². The van der Waals surface area contributed by atoms with E-state index < -0.39 is 66.7 Å². The summed E-state index contributed by atoms with van der Waals surface area (Å²) < 4.78 is 36.5. The van der Waals surface area contributed by atoms with Crippen molar-refractivity contribution in [1.82, 2.24) is 0 Å². The van der Waals surface area contributed by atoms with Crippen LogP contribution in [0, 0.1) is 46.3 Å². The predicted molar refractivity (Wildman–Crippen MR) is 178 cm³/mol. The van der Waals surface area contributed by atoms with Crippen LogP contribution in [-0.4, -0.2) is 134 Å². The molecule has 0 bridgehead atoms. The Morgan fingerprint density at radius 2 is 1.51 bits per heavy atom. The Morgan fingerprint density at radius 3 is 2.25 bits per heavy atom. The summed E-state index contributed by atoms with van der Waals surface area (Å²) in [6.07, 6.45) is -3.11. The van der Waals surface area contributed by atoms with Crippen LogP contribution in [0.15, 0.2) is 0 Å². The first-order valence-corrected chi connectivity index (χ1v) is 19.8. The Labute approximate surface area is 300 Å². The van der Waals surface area contributed by atoms with Crippen molar-refractivity contribution in [2.75, 3.05) is 19.8 Å². The molecule has 292 valence electrons. The molecule has 51 heavy (non-hydrogen) atoms. The third-order valence-electron chi connectivity index (χ3n) is 16.0. The van der Waals surface area contributed by atoms with Gasteiger partial charge in [-0.25, -0.2) is 0 Å². The third-order valence-corrected chi connectivity index (χ3v) is 16.0. The van der Waals surface area contributed by atoms with Gasteiger partial charge in [-0.1, -0.05) is 27.7 Å². The quantitative estimate of drug-likeness (QED) is 0.200. The molecule has 0 aromatic heterocycles. The summed E-state index contributed by atoms with van der Waals surface area (Å²) in [6, 6.07) is 0. The molecule has 8 aliphatic rings. The van der Waals surface area contributed by atoms with E-state index in [1.807, 2.05) is 0 Å². The van der Waals surface area contributed by atoms with Gasteiger partial charge in [-0.2, -0.15) is 0 Å². The number of fused-ring (bicyclic) bond motifs is 7. The van der Waals surface area contributed by atoms with Gasteiger partial charge in [0.05, 0.1) is 32.0 Å². The first-order valence-electron chi connectivity index (χ1n) is 19.8. The lowest BCUT2D eigenvalue weighted by Crippen LogP contribution is -2.61. The molecule has 13 nitrogen and oxygen atoms in total. The largest absolute Gasteiger partial charge is 0.388 e. The van der Waals surface area contributed by atoms with Crippen LogP contribution in [0.5, 0.6) is 0 Å². The van der Waals surface area contributed by atoms with Crippen molar-refractivity contribution < 1.29 is 64.2 Å². The molecule has 8 fully saturated rings. The number of rotatable bonds is 5. The molecule has 0 aromatic rings. The molecule has 7 N–H and O–H groups in total. The van der Waals surface area contributed by atoms with Gasteiger partial charge in [-0.05, 0) is 92.8 Å². The van der Waals surface area contributed by atoms with E-state index in [1.165, 1.54) is 0 Å². The number of aliphatic hydroxyl groups is 7. The highest BCUT2D eigenvalue weighted by atomic mass is 16.7. The van der Waals surface area contributed by atoms with Gasteiger partial charge < -0.3 is 64.2 Å². The summed E-state index contributed by atoms with van der Waals surface area (Å²) in [6.45, 7) is 9.33. The summed E-state index contributed by atoms with van der Waals surface area (Å²) in [5.41, 5.74) is -1.00. The summed E-state index contributed by atoms with van der Waals surface area (Å²) in [4.78, 5) is 0. The minimum atomic E-state index is -1.54. The van der Waals surface area contributed by atoms with Crippen molar-refractivity contribution in [2.45, 2.75) is 171 Å². The monoisotopic (exact) mass is 726 g/mol. The first-order chi connectivity index (χ1) is 24.1. The van der Waals surface area contributed by atoms with Crippen LogP contribution in [0.25, 0.3) is 0 Å². The predicted octanol–water partition coefficient (Wildman–Crippen LogP) is 1.20. The molecule has 4 aliphatic carbocycles. The van der Waals surface area contributed by atoms with Crippen LogP contribution in [0.4, 0.5) is 0 Å². The maximum atomic E-state index is 12.7. The average Bonchev–Trinajstić information content (AvgIpc) is 3.47. The third kappa shape index (κ3) is 5.65. The molecule has 0 aromatic carbocycles. The Balaban J connectivity index is 0.902. The Kier molecular flexibility index (Phi) is 9.76. The van der Waals surface area contributed by atoms with E-state index in [0.717, 1.165) is 64.2 Å². The zero-order valence-corrected chi connectivity index (χ0v) is 30.6. The van der Waals surface area contributed by atoms with E-state index in [0.29, 0.717) is 36.2 Å². The molecule has 4 saturated heterocycles. The zero-order valence-electron chi connectivity index (χ0n) is 30.6. The molecule has 1 spiro atoms. The molecule has 4 saturated carbocycles. The lowest BCUT2D eigenvalue weighted by molar-refractivity contribution is -0.331. The highest BCUT2D eigenvalue weighted by Gasteiger charge is 2.76. The molecule has 13 heteroatoms. The van der Waals surface area contributed by atoms with Gasteiger partial charge in [0, 0.05) is 17.8 Å². The Bertz CT molecular complexity index is 1260. The Hall–Kier alpha value is -0.520. The van der Waals surface area contributed by atoms with E-state index in [2.05, 4.69) is 27.7 Å². The minimum absolute atomic E-state index is 0.0779. The molecule has 0 radical (unpaired) electrons. The molecule has 8 rings (SSSR count).